The first-order valence-electron chi connectivity index (χ1n) is 7.36. The third-order valence-corrected chi connectivity index (χ3v) is 3.77. The summed E-state index contributed by atoms with van der Waals surface area (Å²) in [5, 5.41) is 7.94. The van der Waals surface area contributed by atoms with E-state index in [1.54, 1.807) is 12.1 Å². The van der Waals surface area contributed by atoms with Gasteiger partial charge < -0.3 is 5.32 Å². The van der Waals surface area contributed by atoms with E-state index in [4.69, 9.17) is 11.6 Å². The van der Waals surface area contributed by atoms with E-state index in [0.29, 0.717) is 5.02 Å². The second-order valence-corrected chi connectivity index (χ2v) is 5.80. The fourth-order valence-electron chi connectivity index (χ4n) is 2.20. The lowest BCUT2D eigenvalue weighted by molar-refractivity contribution is -0.119. The summed E-state index contributed by atoms with van der Waals surface area (Å²) >= 11 is 5.85. The number of anilines is 1. The number of halogens is 1. The fraction of sp³-hybridized carbons (Fsp3) is 0.222. The van der Waals surface area contributed by atoms with Crippen molar-refractivity contribution in [2.75, 3.05) is 11.9 Å². The van der Waals surface area contributed by atoms with Crippen molar-refractivity contribution in [1.29, 1.82) is 0 Å². The van der Waals surface area contributed by atoms with Gasteiger partial charge in [-0.25, -0.2) is 5.43 Å². The van der Waals surface area contributed by atoms with E-state index in [1.165, 1.54) is 0 Å². The van der Waals surface area contributed by atoms with Crippen molar-refractivity contribution in [2.24, 2.45) is 5.10 Å². The van der Waals surface area contributed by atoms with Gasteiger partial charge in [0.2, 0.25) is 0 Å². The average molecular weight is 330 g/mol. The lowest BCUT2D eigenvalue weighted by Crippen LogP contribution is -2.27. The molecule has 0 fully saturated rings. The molecule has 0 atom stereocenters. The average Bonchev–Trinajstić information content (AvgIpc) is 2.53. The third kappa shape index (κ3) is 4.83. The second-order valence-electron chi connectivity index (χ2n) is 5.36. The van der Waals surface area contributed by atoms with E-state index in [1.807, 2.05) is 51.1 Å². The van der Waals surface area contributed by atoms with E-state index in [9.17, 15) is 4.79 Å². The first kappa shape index (κ1) is 17.0. The first-order chi connectivity index (χ1) is 11.0. The second kappa shape index (κ2) is 7.79. The van der Waals surface area contributed by atoms with Gasteiger partial charge in [0.1, 0.15) is 0 Å². The number of benzene rings is 2. The van der Waals surface area contributed by atoms with Gasteiger partial charge in [-0.2, -0.15) is 5.10 Å². The Labute approximate surface area is 141 Å². The summed E-state index contributed by atoms with van der Waals surface area (Å²) in [7, 11) is 0. The van der Waals surface area contributed by atoms with Gasteiger partial charge in [0.05, 0.1) is 12.3 Å². The number of hydrogen-bond donors (Lipinski definition) is 2. The number of carbonyl (C=O) groups is 1. The lowest BCUT2D eigenvalue weighted by Gasteiger charge is -2.11. The minimum atomic E-state index is -0.194. The topological polar surface area (TPSA) is 53.5 Å². The predicted molar refractivity (Wildman–Crippen MR) is 96.2 cm³/mol. The van der Waals surface area contributed by atoms with Gasteiger partial charge in [0.15, 0.2) is 0 Å². The molecule has 0 aliphatic carbocycles. The molecule has 5 heteroatoms. The van der Waals surface area contributed by atoms with Crippen molar-refractivity contribution >= 4 is 28.9 Å². The molecule has 1 amide bonds. The van der Waals surface area contributed by atoms with E-state index in [0.717, 1.165) is 28.1 Å². The van der Waals surface area contributed by atoms with Crippen LogP contribution in [0.25, 0.3) is 0 Å². The lowest BCUT2D eigenvalue weighted by atomic mass is 10.1. The van der Waals surface area contributed by atoms with Crippen LogP contribution >= 0.6 is 11.6 Å². The Morgan fingerprint density at radius 1 is 1.09 bits per heavy atom. The molecule has 2 rings (SSSR count). The summed E-state index contributed by atoms with van der Waals surface area (Å²) < 4.78 is 0. The maximum Gasteiger partial charge on any atom is 0.259 e. The highest BCUT2D eigenvalue weighted by Gasteiger charge is 2.05. The minimum absolute atomic E-state index is 0.170. The standard InChI is InChI=1S/C18H20ClN3O/c1-12-5-4-6-13(2)18(12)20-11-17(23)22-21-14(3)15-7-9-16(19)10-8-15/h4-10,20H,11H2,1-3H3,(H,22,23). The summed E-state index contributed by atoms with van der Waals surface area (Å²) in [6, 6.07) is 13.3. The molecule has 0 bridgehead atoms. The maximum atomic E-state index is 11.9. The predicted octanol–water partition coefficient (Wildman–Crippen LogP) is 3.91. The Hall–Kier alpha value is -2.33. The molecule has 2 N–H and O–H groups in total. The molecule has 2 aromatic rings. The van der Waals surface area contributed by atoms with Gasteiger partial charge in [-0.15, -0.1) is 0 Å². The Morgan fingerprint density at radius 2 is 1.70 bits per heavy atom. The zero-order valence-corrected chi connectivity index (χ0v) is 14.2. The van der Waals surface area contributed by atoms with Crippen LogP contribution in [0.2, 0.25) is 5.02 Å². The number of nitrogens with zero attached hydrogens (tertiary/aromatic N) is 1. The zero-order valence-electron chi connectivity index (χ0n) is 13.5. The molecule has 0 aliphatic rings. The molecular weight excluding hydrogens is 310 g/mol. The Balaban J connectivity index is 1.92. The molecule has 0 spiro atoms. The smallest absolute Gasteiger partial charge is 0.259 e. The number of hydrogen-bond acceptors (Lipinski definition) is 3. The summed E-state index contributed by atoms with van der Waals surface area (Å²) in [4.78, 5) is 11.9. The van der Waals surface area contributed by atoms with Gasteiger partial charge in [-0.05, 0) is 49.6 Å². The SMILES string of the molecule is CC(=NNC(=O)CNc1c(C)cccc1C)c1ccc(Cl)cc1. The Kier molecular flexibility index (Phi) is 5.77. The molecular formula is C18H20ClN3O. The van der Waals surface area contributed by atoms with Crippen molar-refractivity contribution < 1.29 is 4.79 Å². The van der Waals surface area contributed by atoms with Crippen LogP contribution in [0.5, 0.6) is 0 Å². The van der Waals surface area contributed by atoms with Gasteiger partial charge in [-0.3, -0.25) is 4.79 Å². The van der Waals surface area contributed by atoms with Crippen LogP contribution in [0, 0.1) is 13.8 Å². The van der Waals surface area contributed by atoms with E-state index in [2.05, 4.69) is 15.8 Å². The van der Waals surface area contributed by atoms with E-state index in [-0.39, 0.29) is 12.5 Å². The van der Waals surface area contributed by atoms with Crippen LogP contribution in [-0.2, 0) is 4.79 Å². The van der Waals surface area contributed by atoms with Crippen LogP contribution < -0.4 is 10.7 Å². The highest BCUT2D eigenvalue weighted by molar-refractivity contribution is 6.30. The normalized spacial score (nSPS) is 11.2. The van der Waals surface area contributed by atoms with Crippen molar-refractivity contribution in [2.45, 2.75) is 20.8 Å². The third-order valence-electron chi connectivity index (χ3n) is 3.52. The Morgan fingerprint density at radius 3 is 2.30 bits per heavy atom. The quantitative estimate of drug-likeness (QED) is 0.645. The molecule has 23 heavy (non-hydrogen) atoms. The Bertz CT molecular complexity index is 703. The number of aryl methyl sites for hydroxylation is 2. The van der Waals surface area contributed by atoms with Gasteiger partial charge in [0.25, 0.3) is 5.91 Å². The van der Waals surface area contributed by atoms with E-state index >= 15 is 0 Å². The summed E-state index contributed by atoms with van der Waals surface area (Å²) in [5.41, 5.74) is 7.40. The monoisotopic (exact) mass is 329 g/mol. The summed E-state index contributed by atoms with van der Waals surface area (Å²) in [6.07, 6.45) is 0. The van der Waals surface area contributed by atoms with E-state index < -0.39 is 0 Å². The number of amides is 1. The number of hydrazone groups is 1. The van der Waals surface area contributed by atoms with Crippen molar-refractivity contribution in [1.82, 2.24) is 5.43 Å². The molecule has 0 radical (unpaired) electrons. The van der Waals surface area contributed by atoms with Crippen LogP contribution in [0.3, 0.4) is 0 Å². The molecule has 2 aromatic carbocycles. The van der Waals surface area contributed by atoms with Crippen LogP contribution in [-0.4, -0.2) is 18.2 Å². The van der Waals surface area contributed by atoms with Crippen molar-refractivity contribution in [3.63, 3.8) is 0 Å². The number of carbonyl (C=O) groups excluding carboxylic acids is 1. The van der Waals surface area contributed by atoms with Crippen LogP contribution in [0.15, 0.2) is 47.6 Å². The molecule has 0 aromatic heterocycles. The number of para-hydroxylation sites is 1. The van der Waals surface area contributed by atoms with Gasteiger partial charge in [0, 0.05) is 10.7 Å². The number of rotatable bonds is 5. The van der Waals surface area contributed by atoms with Crippen LogP contribution in [0.1, 0.15) is 23.6 Å². The van der Waals surface area contributed by atoms with Crippen LogP contribution in [0.4, 0.5) is 5.69 Å². The first-order valence-corrected chi connectivity index (χ1v) is 7.74. The molecule has 120 valence electrons. The van der Waals surface area contributed by atoms with Crippen molar-refractivity contribution in [3.8, 4) is 0 Å². The molecule has 0 heterocycles. The largest absolute Gasteiger partial charge is 0.376 e. The molecule has 0 unspecified atom stereocenters. The summed E-state index contributed by atoms with van der Waals surface area (Å²) in [5.74, 6) is -0.194. The minimum Gasteiger partial charge on any atom is -0.376 e. The zero-order chi connectivity index (χ0) is 16.8. The maximum absolute atomic E-state index is 11.9. The number of nitrogens with one attached hydrogen (secondary N) is 2. The molecule has 0 saturated carbocycles. The van der Waals surface area contributed by atoms with Gasteiger partial charge >= 0.3 is 0 Å². The summed E-state index contributed by atoms with van der Waals surface area (Å²) in [6.45, 7) is 6.03. The highest BCUT2D eigenvalue weighted by atomic mass is 35.5. The molecule has 0 saturated heterocycles. The fourth-order valence-corrected chi connectivity index (χ4v) is 2.33. The van der Waals surface area contributed by atoms with Crippen molar-refractivity contribution in [3.05, 3.63) is 64.2 Å². The highest BCUT2D eigenvalue weighted by Crippen LogP contribution is 2.18. The molecule has 4 nitrogen and oxygen atoms in total. The molecule has 0 aliphatic heterocycles. The van der Waals surface area contributed by atoms with Gasteiger partial charge in [-0.1, -0.05) is 41.9 Å².